The van der Waals surface area contributed by atoms with Crippen LogP contribution in [0.1, 0.15) is 41.4 Å². The molecule has 0 aromatic carbocycles. The van der Waals surface area contributed by atoms with Crippen LogP contribution in [0.15, 0.2) is 103 Å². The van der Waals surface area contributed by atoms with E-state index in [-0.39, 0.29) is 76.9 Å². The van der Waals surface area contributed by atoms with Gasteiger partial charge in [0.05, 0.1) is 23.9 Å². The van der Waals surface area contributed by atoms with Gasteiger partial charge in [-0.2, -0.15) is 18.9 Å². The summed E-state index contributed by atoms with van der Waals surface area (Å²) in [6, 6.07) is 9.46. The molecule has 0 aliphatic heterocycles. The molecule has 0 atom stereocenters. The zero-order valence-electron chi connectivity index (χ0n) is 23.4. The number of carbonyl (C=O) groups excluding carboxylic acids is 4. The molecule has 0 saturated carbocycles. The molecule has 4 aromatic rings. The van der Waals surface area contributed by atoms with Crippen LogP contribution in [0.4, 0.5) is 0 Å². The summed E-state index contributed by atoms with van der Waals surface area (Å²) in [7, 11) is 1.44. The number of aromatic nitrogens is 4. The third-order valence-electron chi connectivity index (χ3n) is 4.26. The number of hydrogen-bond acceptors (Lipinski definition) is 14. The van der Waals surface area contributed by atoms with E-state index in [9.17, 15) is 60.4 Å². The number of nitrogens with zero attached hydrogens (tertiary/aromatic N) is 5. The summed E-state index contributed by atoms with van der Waals surface area (Å²) >= 11 is 0. The predicted molar refractivity (Wildman–Crippen MR) is 145 cm³/mol. The molecule has 0 aliphatic carbocycles. The molecule has 18 nitrogen and oxygen atoms in total. The van der Waals surface area contributed by atoms with Crippen LogP contribution in [-0.2, 0) is 0 Å². The first-order valence-corrected chi connectivity index (χ1v) is 11.3. The fraction of sp³-hybridized carbons (Fsp3) is 0.0385. The number of hydrogen-bond donors (Lipinski definition) is 0. The Kier molecular flexibility index (Phi) is 25.0. The molecule has 0 aliphatic rings. The molecule has 0 saturated heterocycles. The van der Waals surface area contributed by atoms with Gasteiger partial charge >= 0.3 is 27.3 Å². The van der Waals surface area contributed by atoms with E-state index in [1.807, 2.05) is 0 Å². The van der Waals surface area contributed by atoms with Crippen LogP contribution in [0, 0.1) is 20.8 Å². The average molecular weight is 1020 g/mol. The summed E-state index contributed by atoms with van der Waals surface area (Å²) in [5, 5.41) is 90.8. The quantitative estimate of drug-likeness (QED) is 0.0605. The predicted octanol–water partition coefficient (Wildman–Crippen LogP) is -7.02. The van der Waals surface area contributed by atoms with E-state index in [2.05, 4.69) is 4.99 Å². The molecule has 0 amide bonds. The zero-order valence-corrected chi connectivity index (χ0v) is 31.1. The molecule has 0 bridgehead atoms. The van der Waals surface area contributed by atoms with Crippen LogP contribution < -0.4 is 44.5 Å². The second-order valence-corrected chi connectivity index (χ2v) is 7.30. The molecule has 238 valence electrons. The van der Waals surface area contributed by atoms with E-state index in [1.54, 1.807) is 0 Å². The molecule has 0 N–H and O–H groups in total. The van der Waals surface area contributed by atoms with Gasteiger partial charge in [-0.25, -0.2) is 0 Å². The van der Waals surface area contributed by atoms with E-state index < -0.39 is 23.9 Å². The minimum atomic E-state index is -1.28. The number of pyridine rings is 4. The zero-order chi connectivity index (χ0) is 33.7. The van der Waals surface area contributed by atoms with Crippen molar-refractivity contribution in [1.82, 2.24) is 0 Å². The molecule has 4 aromatic heterocycles. The summed E-state index contributed by atoms with van der Waals surface area (Å²) < 4.78 is 2.03. The van der Waals surface area contributed by atoms with Crippen molar-refractivity contribution in [2.24, 2.45) is 4.99 Å². The van der Waals surface area contributed by atoms with Crippen molar-refractivity contribution in [3.63, 3.8) is 0 Å². The van der Waals surface area contributed by atoms with Crippen molar-refractivity contribution in [2.45, 2.75) is 0 Å². The fourth-order valence-corrected chi connectivity index (χ4v) is 2.20. The fourth-order valence-electron chi connectivity index (χ4n) is 2.20. The monoisotopic (exact) mass is 1030 g/mol. The number of carboxylic acid groups (broad SMARTS) is 4. The van der Waals surface area contributed by atoms with E-state index in [0.29, 0.717) is 25.3 Å². The first kappa shape index (κ1) is 45.4. The smallest absolute Gasteiger partial charge is 0.864 e. The molecule has 0 unspecified atom stereocenters. The number of carbonyl (C=O) groups is 4. The van der Waals surface area contributed by atoms with Gasteiger partial charge in [-0.1, -0.05) is 6.40 Å². The molecular formula is C26H20N5O13Pb2-3. The van der Waals surface area contributed by atoms with Crippen molar-refractivity contribution in [3.8, 4) is 0 Å². The molecule has 0 fully saturated rings. The number of aromatic carboxylic acids is 4. The van der Waals surface area contributed by atoms with Gasteiger partial charge in [-0.15, -0.1) is 0 Å². The normalized spacial score (nSPS) is 8.80. The van der Waals surface area contributed by atoms with Crippen LogP contribution in [0.2, 0.25) is 0 Å². The van der Waals surface area contributed by atoms with Crippen LogP contribution in [0.3, 0.4) is 0 Å². The van der Waals surface area contributed by atoms with Crippen molar-refractivity contribution < 1.29 is 63.6 Å². The van der Waals surface area contributed by atoms with E-state index in [4.69, 9.17) is 5.11 Å². The van der Waals surface area contributed by atoms with E-state index in [1.165, 1.54) is 55.6 Å². The third-order valence-corrected chi connectivity index (χ3v) is 4.26. The Labute approximate surface area is 300 Å². The van der Waals surface area contributed by atoms with Crippen LogP contribution in [-0.4, -0.2) is 91.9 Å². The molecule has 6 radical (unpaired) electrons. The van der Waals surface area contributed by atoms with Crippen molar-refractivity contribution in [3.05, 3.63) is 141 Å². The Morgan fingerprint density at radius 2 is 0.630 bits per heavy atom. The maximum atomic E-state index is 10.3. The maximum Gasteiger partial charge on any atom is 2.00 e. The Hall–Kier alpha value is -5.01. The Balaban J connectivity index is -0.000000508. The van der Waals surface area contributed by atoms with Crippen LogP contribution >= 0.6 is 0 Å². The van der Waals surface area contributed by atoms with E-state index in [0.717, 1.165) is 49.6 Å². The number of rotatable bonds is 4. The van der Waals surface area contributed by atoms with Crippen molar-refractivity contribution >= 4 is 84.9 Å². The van der Waals surface area contributed by atoms with Crippen LogP contribution in [0.25, 0.3) is 0 Å². The maximum absolute atomic E-state index is 10.3. The minimum Gasteiger partial charge on any atom is -0.864 e. The van der Waals surface area contributed by atoms with Gasteiger partial charge in [0.15, 0.2) is 49.6 Å². The Morgan fingerprint density at radius 3 is 0.717 bits per heavy atom. The molecule has 0 spiro atoms. The van der Waals surface area contributed by atoms with Gasteiger partial charge in [-0.3, -0.25) is 0 Å². The second kappa shape index (κ2) is 25.3. The van der Waals surface area contributed by atoms with Gasteiger partial charge < -0.3 is 70.5 Å². The Morgan fingerprint density at radius 1 is 0.500 bits per heavy atom. The van der Waals surface area contributed by atoms with Gasteiger partial charge in [0.2, 0.25) is 0 Å². The second-order valence-electron chi connectivity index (χ2n) is 7.30. The van der Waals surface area contributed by atoms with Gasteiger partial charge in [0.25, 0.3) is 0 Å². The van der Waals surface area contributed by atoms with Gasteiger partial charge in [-0.05, 0) is 0 Å². The van der Waals surface area contributed by atoms with Gasteiger partial charge in [0, 0.05) is 105 Å². The summed E-state index contributed by atoms with van der Waals surface area (Å²) in [6.45, 7) is 0. The van der Waals surface area contributed by atoms with Crippen molar-refractivity contribution in [2.75, 3.05) is 7.05 Å². The standard InChI is InChI=1S/4C6H5NO3.C2H5NO.2Pb/c4*8-6(9)5-1-3-7(10)4-2-5;1-3-2-4;;/h4*1-4H,(H,8,9);2H,1H3,(H,3,4);;/q;;;;;;+2/p-5. The number of carboxylic acids is 4. The van der Waals surface area contributed by atoms with Gasteiger partial charge in [0.1, 0.15) is 0 Å². The molecule has 4 heterocycles. The number of aliphatic imine (C=N–C) groups is 1. The summed E-state index contributed by atoms with van der Waals surface area (Å²) in [4.78, 5) is 43.4. The molecular weight excluding hydrogens is 1000 g/mol. The first-order valence-electron chi connectivity index (χ1n) is 11.3. The Bertz CT molecular complexity index is 1280. The summed E-state index contributed by atoms with van der Waals surface area (Å²) in [6.07, 6.45) is 9.32. The van der Waals surface area contributed by atoms with Crippen LogP contribution in [0.5, 0.6) is 0 Å². The molecule has 4 rings (SSSR count). The summed E-state index contributed by atoms with van der Waals surface area (Å²) in [5.74, 6) is -5.11. The SMILES string of the molecule is CN=C[O-].O=C([O-])c1cc[n+]([O-])cc1.O=C([O-])c1cc[n+]([O-])cc1.O=C([O-])c1cc[n+]([O-])cc1.O=C([O-])c1cc[n+]([O-])cc1.[Pb+2].[Pb]. The van der Waals surface area contributed by atoms with Crippen molar-refractivity contribution in [1.29, 1.82) is 0 Å². The first-order chi connectivity index (χ1) is 20.7. The van der Waals surface area contributed by atoms with E-state index >= 15 is 0 Å². The molecule has 46 heavy (non-hydrogen) atoms. The summed E-state index contributed by atoms with van der Waals surface area (Å²) in [5.41, 5.74) is 0.0263. The minimum absolute atomic E-state index is 0. The third kappa shape index (κ3) is 20.8. The topological polar surface area (TPSA) is 304 Å². The largest absolute Gasteiger partial charge is 2.00 e. The molecule has 20 heteroatoms. The average Bonchev–Trinajstić information content (AvgIpc) is 2.99.